The van der Waals surface area contributed by atoms with Crippen LogP contribution in [0.1, 0.15) is 59.3 Å². The van der Waals surface area contributed by atoms with Gasteiger partial charge in [0.25, 0.3) is 0 Å². The Kier molecular flexibility index (Phi) is 4.37. The molecule has 2 saturated carbocycles. The van der Waals surface area contributed by atoms with E-state index in [9.17, 15) is 5.11 Å². The lowest BCUT2D eigenvalue weighted by Gasteiger charge is -2.39. The molecule has 2 aliphatic carbocycles. The molecule has 21 heavy (non-hydrogen) atoms. The molecule has 1 heterocycles. The topological polar surface area (TPSA) is 32.7 Å². The van der Waals surface area contributed by atoms with Crippen molar-refractivity contribution in [3.05, 3.63) is 0 Å². The fourth-order valence-electron chi connectivity index (χ4n) is 5.08. The van der Waals surface area contributed by atoms with E-state index in [1.54, 1.807) is 0 Å². The van der Waals surface area contributed by atoms with Gasteiger partial charge in [-0.2, -0.15) is 0 Å². The third-order valence-electron chi connectivity index (χ3n) is 7.15. The normalized spacial score (nSPS) is 40.0. The minimum atomic E-state index is -0.220. The summed E-state index contributed by atoms with van der Waals surface area (Å²) >= 11 is 0. The number of rotatable bonds is 6. The summed E-state index contributed by atoms with van der Waals surface area (Å²) in [5, 5.41) is 10.2. The maximum Gasteiger partial charge on any atom is 0.0689 e. The minimum absolute atomic E-state index is 0.220. The SMILES string of the molecule is CC1(C)[C@H]2CC[C@@]1(C)[C@H](OCC[C@@H](O)CN1CCCC1)C2. The highest BCUT2D eigenvalue weighted by molar-refractivity contribution is 5.11. The van der Waals surface area contributed by atoms with E-state index >= 15 is 0 Å². The Bertz CT molecular complexity index is 364. The molecule has 4 atom stereocenters. The van der Waals surface area contributed by atoms with E-state index in [2.05, 4.69) is 25.7 Å². The Morgan fingerprint density at radius 1 is 1.24 bits per heavy atom. The molecular weight excluding hydrogens is 262 g/mol. The van der Waals surface area contributed by atoms with Crippen LogP contribution in [0.4, 0.5) is 0 Å². The summed E-state index contributed by atoms with van der Waals surface area (Å²) in [7, 11) is 0. The van der Waals surface area contributed by atoms with Crippen LogP contribution in [-0.4, -0.2) is 48.5 Å². The van der Waals surface area contributed by atoms with Crippen LogP contribution in [0.2, 0.25) is 0 Å². The summed E-state index contributed by atoms with van der Waals surface area (Å²) in [5.41, 5.74) is 0.767. The second-order valence-corrected chi connectivity index (χ2v) is 8.42. The number of ether oxygens (including phenoxy) is 1. The molecule has 0 aromatic heterocycles. The number of aliphatic hydroxyl groups excluding tert-OH is 1. The third kappa shape index (κ3) is 2.77. The first-order valence-electron chi connectivity index (χ1n) is 8.95. The van der Waals surface area contributed by atoms with Gasteiger partial charge < -0.3 is 14.7 Å². The van der Waals surface area contributed by atoms with Crippen molar-refractivity contribution in [2.75, 3.05) is 26.2 Å². The number of fused-ring (bicyclic) bond motifs is 2. The average molecular weight is 295 g/mol. The van der Waals surface area contributed by atoms with Crippen molar-refractivity contribution in [2.45, 2.75) is 71.5 Å². The van der Waals surface area contributed by atoms with Gasteiger partial charge in [0.15, 0.2) is 0 Å². The highest BCUT2D eigenvalue weighted by Gasteiger charge is 2.61. The Hall–Kier alpha value is -0.120. The smallest absolute Gasteiger partial charge is 0.0689 e. The predicted molar refractivity (Wildman–Crippen MR) is 85.3 cm³/mol. The average Bonchev–Trinajstić information content (AvgIpc) is 3.04. The van der Waals surface area contributed by atoms with E-state index in [1.807, 2.05) is 0 Å². The van der Waals surface area contributed by atoms with Crippen LogP contribution in [0.5, 0.6) is 0 Å². The molecule has 0 radical (unpaired) electrons. The first-order valence-corrected chi connectivity index (χ1v) is 8.95. The lowest BCUT2D eigenvalue weighted by Crippen LogP contribution is -2.38. The predicted octanol–water partition coefficient (Wildman–Crippen LogP) is 3.06. The highest BCUT2D eigenvalue weighted by Crippen LogP contribution is 2.66. The molecule has 0 spiro atoms. The molecule has 3 nitrogen and oxygen atoms in total. The van der Waals surface area contributed by atoms with Gasteiger partial charge in [0.2, 0.25) is 0 Å². The first kappa shape index (κ1) is 15.8. The van der Waals surface area contributed by atoms with E-state index in [4.69, 9.17) is 4.74 Å². The van der Waals surface area contributed by atoms with E-state index < -0.39 is 0 Å². The lowest BCUT2D eigenvalue weighted by atomic mass is 9.70. The second-order valence-electron chi connectivity index (χ2n) is 8.42. The van der Waals surface area contributed by atoms with Crippen molar-refractivity contribution >= 4 is 0 Å². The zero-order valence-electron chi connectivity index (χ0n) is 14.1. The zero-order chi connectivity index (χ0) is 15.1. The van der Waals surface area contributed by atoms with Gasteiger partial charge in [-0.3, -0.25) is 0 Å². The van der Waals surface area contributed by atoms with E-state index in [-0.39, 0.29) is 6.10 Å². The summed E-state index contributed by atoms with van der Waals surface area (Å²) in [6.45, 7) is 11.2. The molecule has 3 fully saturated rings. The van der Waals surface area contributed by atoms with Gasteiger partial charge in [-0.15, -0.1) is 0 Å². The molecule has 0 unspecified atom stereocenters. The van der Waals surface area contributed by atoms with Crippen LogP contribution in [0.25, 0.3) is 0 Å². The lowest BCUT2D eigenvalue weighted by molar-refractivity contribution is -0.0561. The van der Waals surface area contributed by atoms with E-state index in [0.717, 1.165) is 38.6 Å². The molecule has 3 aliphatic rings. The van der Waals surface area contributed by atoms with Gasteiger partial charge in [0.05, 0.1) is 12.2 Å². The van der Waals surface area contributed by atoms with Crippen LogP contribution in [0.3, 0.4) is 0 Å². The highest BCUT2D eigenvalue weighted by atomic mass is 16.5. The maximum absolute atomic E-state index is 10.2. The number of nitrogens with zero attached hydrogens (tertiary/aromatic N) is 1. The van der Waals surface area contributed by atoms with Crippen molar-refractivity contribution in [2.24, 2.45) is 16.7 Å². The first-order chi connectivity index (χ1) is 9.93. The molecule has 122 valence electrons. The molecule has 2 bridgehead atoms. The molecular formula is C18H33NO2. The monoisotopic (exact) mass is 295 g/mol. The van der Waals surface area contributed by atoms with Crippen LogP contribution >= 0.6 is 0 Å². The van der Waals surface area contributed by atoms with Crippen LogP contribution in [0, 0.1) is 16.7 Å². The zero-order valence-corrected chi connectivity index (χ0v) is 14.1. The third-order valence-corrected chi connectivity index (χ3v) is 7.15. The molecule has 1 N–H and O–H groups in total. The van der Waals surface area contributed by atoms with Crippen LogP contribution in [-0.2, 0) is 4.74 Å². The molecule has 1 aliphatic heterocycles. The quantitative estimate of drug-likeness (QED) is 0.817. The summed E-state index contributed by atoms with van der Waals surface area (Å²) in [6.07, 6.45) is 7.47. The van der Waals surface area contributed by atoms with Crippen molar-refractivity contribution in [1.29, 1.82) is 0 Å². The van der Waals surface area contributed by atoms with Gasteiger partial charge >= 0.3 is 0 Å². The Morgan fingerprint density at radius 2 is 1.95 bits per heavy atom. The van der Waals surface area contributed by atoms with Crippen LogP contribution < -0.4 is 0 Å². The fraction of sp³-hybridized carbons (Fsp3) is 1.00. The largest absolute Gasteiger partial charge is 0.392 e. The van der Waals surface area contributed by atoms with E-state index in [1.165, 1.54) is 32.1 Å². The Balaban J connectivity index is 1.42. The molecule has 0 aromatic carbocycles. The van der Waals surface area contributed by atoms with Crippen molar-refractivity contribution in [3.63, 3.8) is 0 Å². The fourth-order valence-corrected chi connectivity index (χ4v) is 5.08. The second kappa shape index (κ2) is 5.82. The molecule has 3 heteroatoms. The minimum Gasteiger partial charge on any atom is -0.392 e. The maximum atomic E-state index is 10.2. The van der Waals surface area contributed by atoms with Crippen molar-refractivity contribution in [3.8, 4) is 0 Å². The molecule has 0 aromatic rings. The van der Waals surface area contributed by atoms with Gasteiger partial charge in [0.1, 0.15) is 0 Å². The molecule has 3 rings (SSSR count). The van der Waals surface area contributed by atoms with Gasteiger partial charge in [-0.05, 0) is 68.4 Å². The number of hydrogen-bond acceptors (Lipinski definition) is 3. The Labute approximate surface area is 130 Å². The summed E-state index contributed by atoms with van der Waals surface area (Å²) in [4.78, 5) is 2.38. The summed E-state index contributed by atoms with van der Waals surface area (Å²) in [5.74, 6) is 0.835. The molecule has 0 amide bonds. The number of likely N-dealkylation sites (tertiary alicyclic amines) is 1. The van der Waals surface area contributed by atoms with Crippen molar-refractivity contribution in [1.82, 2.24) is 4.90 Å². The summed E-state index contributed by atoms with van der Waals surface area (Å²) in [6, 6.07) is 0. The number of aliphatic hydroxyl groups is 1. The van der Waals surface area contributed by atoms with Crippen molar-refractivity contribution < 1.29 is 9.84 Å². The van der Waals surface area contributed by atoms with Crippen LogP contribution in [0.15, 0.2) is 0 Å². The Morgan fingerprint density at radius 3 is 2.52 bits per heavy atom. The van der Waals surface area contributed by atoms with Gasteiger partial charge in [-0.1, -0.05) is 20.8 Å². The van der Waals surface area contributed by atoms with Gasteiger partial charge in [0, 0.05) is 13.2 Å². The molecule has 1 saturated heterocycles. The van der Waals surface area contributed by atoms with Gasteiger partial charge in [-0.25, -0.2) is 0 Å². The van der Waals surface area contributed by atoms with E-state index in [0.29, 0.717) is 16.9 Å². The number of hydrogen-bond donors (Lipinski definition) is 1. The summed E-state index contributed by atoms with van der Waals surface area (Å²) < 4.78 is 6.23. The number of β-amino-alcohol motifs (C(OH)–C–C–N with tert-alkyl or cyclic N) is 1. The standard InChI is InChI=1S/C18H33NO2/c1-17(2)14-6-8-18(17,3)16(12-14)21-11-7-15(20)13-19-9-4-5-10-19/h14-16,20H,4-13H2,1-3H3/t14-,15+,16+,18-/m0/s1.